The normalized spacial score (nSPS) is 14.7. The zero-order valence-electron chi connectivity index (χ0n) is 22.1. The fraction of sp³-hybridized carbons (Fsp3) is 0.250. The van der Waals surface area contributed by atoms with E-state index >= 15 is 0 Å². The zero-order chi connectivity index (χ0) is 26.3. The Bertz CT molecular complexity index is 1510. The van der Waals surface area contributed by atoms with Crippen molar-refractivity contribution in [3.63, 3.8) is 0 Å². The molecule has 0 radical (unpaired) electrons. The molecule has 1 N–H and O–H groups in total. The van der Waals surface area contributed by atoms with E-state index in [4.69, 9.17) is 0 Å². The third kappa shape index (κ3) is 4.69. The highest BCUT2D eigenvalue weighted by Gasteiger charge is 2.36. The van der Waals surface area contributed by atoms with Gasteiger partial charge in [0.25, 0.3) is 0 Å². The van der Waals surface area contributed by atoms with Crippen molar-refractivity contribution in [3.8, 4) is 0 Å². The van der Waals surface area contributed by atoms with E-state index in [1.807, 2.05) is 70.3 Å². The van der Waals surface area contributed by atoms with Gasteiger partial charge in [-0.25, -0.2) is 0 Å². The minimum absolute atomic E-state index is 0.186. The molecule has 37 heavy (non-hydrogen) atoms. The van der Waals surface area contributed by atoms with Crippen molar-refractivity contribution in [2.75, 3.05) is 0 Å². The van der Waals surface area contributed by atoms with Crippen molar-refractivity contribution >= 4 is 28.3 Å². The molecule has 2 heterocycles. The number of carbonyl (C=O) groups is 2. The number of para-hydroxylation sites is 1. The summed E-state index contributed by atoms with van der Waals surface area (Å²) in [5.41, 5.74) is 6.48. The number of aromatic nitrogens is 1. The molecule has 1 aliphatic rings. The first kappa shape index (κ1) is 24.6. The molecule has 3 aromatic carbocycles. The second-order valence-corrected chi connectivity index (χ2v) is 10.8. The van der Waals surface area contributed by atoms with Crippen LogP contribution in [0.15, 0.2) is 84.9 Å². The van der Waals surface area contributed by atoms with Gasteiger partial charge in [0.2, 0.25) is 11.8 Å². The lowest BCUT2D eigenvalue weighted by atomic mass is 9.98. The van der Waals surface area contributed by atoms with Crippen molar-refractivity contribution < 1.29 is 9.59 Å². The Labute approximate surface area is 218 Å². The molecule has 1 atom stereocenters. The van der Waals surface area contributed by atoms with E-state index in [2.05, 4.69) is 53.2 Å². The van der Waals surface area contributed by atoms with E-state index < -0.39 is 11.6 Å². The van der Waals surface area contributed by atoms with Crippen molar-refractivity contribution in [1.82, 2.24) is 14.8 Å². The number of hydrogen-bond donors (Lipinski definition) is 1. The Morgan fingerprint density at radius 3 is 2.24 bits per heavy atom. The van der Waals surface area contributed by atoms with Gasteiger partial charge < -0.3 is 14.8 Å². The molecule has 0 aliphatic carbocycles. The predicted molar refractivity (Wildman–Crippen MR) is 149 cm³/mol. The van der Waals surface area contributed by atoms with Gasteiger partial charge in [-0.2, -0.15) is 0 Å². The van der Waals surface area contributed by atoms with Crippen LogP contribution in [-0.2, 0) is 23.2 Å². The SMILES string of the molecule is Cc1ccc(C2=CC(=O)N(C(C(=O)NC(C)(C)C)c3ccccc3)Cc3c2n(C)c2ccccc32)cc1. The Kier molecular flexibility index (Phi) is 6.24. The van der Waals surface area contributed by atoms with Crippen molar-refractivity contribution in [1.29, 1.82) is 0 Å². The molecular weight excluding hydrogens is 458 g/mol. The van der Waals surface area contributed by atoms with Gasteiger partial charge in [0.1, 0.15) is 6.04 Å². The molecular formula is C32H33N3O2. The molecule has 1 aliphatic heterocycles. The lowest BCUT2D eigenvalue weighted by Gasteiger charge is -2.32. The van der Waals surface area contributed by atoms with Crippen LogP contribution in [0.5, 0.6) is 0 Å². The standard InChI is InChI=1S/C32H33N3O2/c1-21-15-17-22(18-16-21)25-19-28(36)35(20-26-24-13-9-10-14-27(24)34(5)30(25)26)29(23-11-7-6-8-12-23)31(37)33-32(2,3)4/h6-19,29H,20H2,1-5H3,(H,33,37). The summed E-state index contributed by atoms with van der Waals surface area (Å²) in [6, 6.07) is 25.3. The van der Waals surface area contributed by atoms with Gasteiger partial charge in [-0.1, -0.05) is 78.4 Å². The predicted octanol–water partition coefficient (Wildman–Crippen LogP) is 5.92. The average molecular weight is 492 g/mol. The maximum absolute atomic E-state index is 14.0. The fourth-order valence-electron chi connectivity index (χ4n) is 5.22. The number of hydrogen-bond acceptors (Lipinski definition) is 2. The third-order valence-electron chi connectivity index (χ3n) is 6.88. The second-order valence-electron chi connectivity index (χ2n) is 10.8. The van der Waals surface area contributed by atoms with E-state index in [1.54, 1.807) is 11.0 Å². The largest absolute Gasteiger partial charge is 0.349 e. The number of benzene rings is 3. The van der Waals surface area contributed by atoms with Gasteiger partial charge in [0.05, 0.1) is 5.69 Å². The first-order chi connectivity index (χ1) is 17.6. The van der Waals surface area contributed by atoms with E-state index in [-0.39, 0.29) is 11.8 Å². The van der Waals surface area contributed by atoms with Gasteiger partial charge in [0, 0.05) is 47.2 Å². The van der Waals surface area contributed by atoms with Crippen LogP contribution in [0.4, 0.5) is 0 Å². The Morgan fingerprint density at radius 2 is 1.57 bits per heavy atom. The third-order valence-corrected chi connectivity index (χ3v) is 6.88. The van der Waals surface area contributed by atoms with Gasteiger partial charge in [-0.15, -0.1) is 0 Å². The summed E-state index contributed by atoms with van der Waals surface area (Å²) in [4.78, 5) is 29.5. The molecule has 0 bridgehead atoms. The highest BCUT2D eigenvalue weighted by atomic mass is 16.2. The molecule has 5 nitrogen and oxygen atoms in total. The maximum atomic E-state index is 14.0. The number of nitrogens with zero attached hydrogens (tertiary/aromatic N) is 2. The number of aryl methyl sites for hydroxylation is 2. The first-order valence-electron chi connectivity index (χ1n) is 12.7. The molecule has 2 amide bonds. The van der Waals surface area contributed by atoms with Crippen LogP contribution in [0.2, 0.25) is 0 Å². The summed E-state index contributed by atoms with van der Waals surface area (Å²) < 4.78 is 2.17. The lowest BCUT2D eigenvalue weighted by molar-refractivity contribution is -0.138. The average Bonchev–Trinajstić information content (AvgIpc) is 3.04. The summed E-state index contributed by atoms with van der Waals surface area (Å²) in [6.07, 6.45) is 1.70. The van der Waals surface area contributed by atoms with Gasteiger partial charge in [-0.3, -0.25) is 9.59 Å². The molecule has 0 saturated heterocycles. The minimum atomic E-state index is -0.770. The van der Waals surface area contributed by atoms with Crippen LogP contribution in [0, 0.1) is 6.92 Å². The number of rotatable bonds is 4. The van der Waals surface area contributed by atoms with Gasteiger partial charge >= 0.3 is 0 Å². The maximum Gasteiger partial charge on any atom is 0.248 e. The monoisotopic (exact) mass is 491 g/mol. The number of amides is 2. The van der Waals surface area contributed by atoms with E-state index in [1.165, 1.54) is 0 Å². The van der Waals surface area contributed by atoms with Crippen LogP contribution in [0.3, 0.4) is 0 Å². The summed E-state index contributed by atoms with van der Waals surface area (Å²) >= 11 is 0. The summed E-state index contributed by atoms with van der Waals surface area (Å²) in [5.74, 6) is -0.380. The molecule has 0 fully saturated rings. The molecule has 4 aromatic rings. The van der Waals surface area contributed by atoms with Crippen molar-refractivity contribution in [3.05, 3.63) is 113 Å². The van der Waals surface area contributed by atoms with Crippen LogP contribution in [-0.4, -0.2) is 26.8 Å². The van der Waals surface area contributed by atoms with Crippen molar-refractivity contribution in [2.24, 2.45) is 7.05 Å². The van der Waals surface area contributed by atoms with Gasteiger partial charge in [0.15, 0.2) is 0 Å². The minimum Gasteiger partial charge on any atom is -0.349 e. The highest BCUT2D eigenvalue weighted by molar-refractivity contribution is 6.05. The molecule has 0 saturated carbocycles. The lowest BCUT2D eigenvalue weighted by Crippen LogP contribution is -2.48. The summed E-state index contributed by atoms with van der Waals surface area (Å²) in [7, 11) is 2.05. The molecule has 5 rings (SSSR count). The molecule has 1 aromatic heterocycles. The molecule has 0 spiro atoms. The molecule has 1 unspecified atom stereocenters. The number of nitrogens with one attached hydrogen (secondary N) is 1. The number of carbonyl (C=O) groups excluding carboxylic acids is 2. The Morgan fingerprint density at radius 1 is 0.919 bits per heavy atom. The second kappa shape index (κ2) is 9.40. The topological polar surface area (TPSA) is 54.3 Å². The smallest absolute Gasteiger partial charge is 0.248 e. The summed E-state index contributed by atoms with van der Waals surface area (Å²) in [6.45, 7) is 8.23. The first-order valence-corrected chi connectivity index (χ1v) is 12.7. The summed E-state index contributed by atoms with van der Waals surface area (Å²) in [5, 5.41) is 4.20. The number of fused-ring (bicyclic) bond motifs is 3. The highest BCUT2D eigenvalue weighted by Crippen LogP contribution is 2.39. The van der Waals surface area contributed by atoms with Crippen LogP contribution in [0.25, 0.3) is 16.5 Å². The van der Waals surface area contributed by atoms with Crippen LogP contribution >= 0.6 is 0 Å². The van der Waals surface area contributed by atoms with Gasteiger partial charge in [-0.05, 0) is 44.9 Å². The zero-order valence-corrected chi connectivity index (χ0v) is 22.1. The molecule has 188 valence electrons. The molecule has 5 heteroatoms. The fourth-order valence-corrected chi connectivity index (χ4v) is 5.22. The van der Waals surface area contributed by atoms with E-state index in [0.717, 1.165) is 44.4 Å². The Hall–Kier alpha value is -4.12. The van der Waals surface area contributed by atoms with E-state index in [0.29, 0.717) is 6.54 Å². The quantitative estimate of drug-likeness (QED) is 0.385. The van der Waals surface area contributed by atoms with E-state index in [9.17, 15) is 9.59 Å². The van der Waals surface area contributed by atoms with Crippen LogP contribution in [0.1, 0.15) is 54.8 Å². The Balaban J connectivity index is 1.73. The van der Waals surface area contributed by atoms with Crippen LogP contribution < -0.4 is 5.32 Å². The van der Waals surface area contributed by atoms with Crippen molar-refractivity contribution in [2.45, 2.75) is 45.8 Å².